The molecule has 0 spiro atoms. The lowest BCUT2D eigenvalue weighted by Crippen LogP contribution is -2.08. The number of nitrogens with zero attached hydrogens (tertiary/aromatic N) is 4. The molecule has 0 fully saturated rings. The molecule has 8 heteroatoms. The second-order valence-electron chi connectivity index (χ2n) is 5.31. The summed E-state index contributed by atoms with van der Waals surface area (Å²) in [5.74, 6) is -0.402. The van der Waals surface area contributed by atoms with Crippen molar-refractivity contribution in [1.29, 1.82) is 0 Å². The zero-order valence-electron chi connectivity index (χ0n) is 13.7. The maximum Gasteiger partial charge on any atom is 0.316 e. The maximum absolute atomic E-state index is 13.1. The van der Waals surface area contributed by atoms with E-state index in [0.29, 0.717) is 23.0 Å². The highest BCUT2D eigenvalue weighted by Gasteiger charge is 2.13. The molecule has 25 heavy (non-hydrogen) atoms. The summed E-state index contributed by atoms with van der Waals surface area (Å²) in [6.45, 7) is 2.48. The van der Waals surface area contributed by atoms with E-state index in [4.69, 9.17) is 4.74 Å². The van der Waals surface area contributed by atoms with Crippen LogP contribution >= 0.6 is 11.8 Å². The number of ether oxygens (including phenoxy) is 1. The number of unbranched alkanes of at least 4 members (excludes halogenated alkanes) is 1. The number of carbonyl (C=O) groups excluding carboxylic acids is 1. The van der Waals surface area contributed by atoms with Crippen molar-refractivity contribution in [3.63, 3.8) is 0 Å². The molecule has 0 saturated carbocycles. The third-order valence-electron chi connectivity index (χ3n) is 3.49. The monoisotopic (exact) mass is 360 g/mol. The molecule has 6 nitrogen and oxygen atoms in total. The third kappa shape index (κ3) is 4.14. The van der Waals surface area contributed by atoms with Crippen LogP contribution in [0.2, 0.25) is 0 Å². The predicted octanol–water partition coefficient (Wildman–Crippen LogP) is 3.39. The van der Waals surface area contributed by atoms with Crippen molar-refractivity contribution in [2.75, 3.05) is 12.4 Å². The lowest BCUT2D eigenvalue weighted by Gasteiger charge is -2.05. The van der Waals surface area contributed by atoms with E-state index in [0.717, 1.165) is 18.2 Å². The van der Waals surface area contributed by atoms with Crippen molar-refractivity contribution in [2.24, 2.45) is 0 Å². The van der Waals surface area contributed by atoms with E-state index in [1.54, 1.807) is 23.0 Å². The van der Waals surface area contributed by atoms with E-state index in [-0.39, 0.29) is 17.5 Å². The molecule has 1 aromatic carbocycles. The first-order valence-corrected chi connectivity index (χ1v) is 8.90. The quantitative estimate of drug-likeness (QED) is 0.278. The van der Waals surface area contributed by atoms with Gasteiger partial charge in [0.25, 0.3) is 0 Å². The molecular formula is C17H17FN4O2S. The van der Waals surface area contributed by atoms with Crippen molar-refractivity contribution in [1.82, 2.24) is 19.7 Å². The molecular weight excluding hydrogens is 343 g/mol. The average Bonchev–Trinajstić information content (AvgIpc) is 3.05. The summed E-state index contributed by atoms with van der Waals surface area (Å²) in [6, 6.07) is 5.99. The molecule has 0 aliphatic carbocycles. The second kappa shape index (κ2) is 8.06. The zero-order valence-corrected chi connectivity index (χ0v) is 14.5. The number of carbonyl (C=O) groups is 1. The van der Waals surface area contributed by atoms with Gasteiger partial charge < -0.3 is 4.74 Å². The number of hydrogen-bond acceptors (Lipinski definition) is 6. The largest absolute Gasteiger partial charge is 0.465 e. The Hall–Kier alpha value is -2.48. The van der Waals surface area contributed by atoms with Crippen LogP contribution in [0.25, 0.3) is 16.7 Å². The average molecular weight is 360 g/mol. The molecule has 130 valence electrons. The van der Waals surface area contributed by atoms with E-state index in [2.05, 4.69) is 15.1 Å². The molecule has 0 aliphatic heterocycles. The molecule has 0 radical (unpaired) electrons. The molecule has 0 N–H and O–H groups in total. The van der Waals surface area contributed by atoms with Crippen LogP contribution < -0.4 is 0 Å². The van der Waals surface area contributed by atoms with Gasteiger partial charge in [0.05, 0.1) is 29.6 Å². The fraction of sp³-hybridized carbons (Fsp3) is 0.294. The van der Waals surface area contributed by atoms with Gasteiger partial charge in [0, 0.05) is 0 Å². The van der Waals surface area contributed by atoms with Crippen molar-refractivity contribution in [2.45, 2.75) is 24.8 Å². The molecule has 3 rings (SSSR count). The van der Waals surface area contributed by atoms with Crippen LogP contribution in [0, 0.1) is 5.82 Å². The molecule has 0 bridgehead atoms. The summed E-state index contributed by atoms with van der Waals surface area (Å²) < 4.78 is 19.8. The number of esters is 1. The Labute approximate surface area is 148 Å². The lowest BCUT2D eigenvalue weighted by atomic mass is 10.3. The minimum Gasteiger partial charge on any atom is -0.465 e. The van der Waals surface area contributed by atoms with E-state index in [1.807, 2.05) is 6.92 Å². The molecule has 0 amide bonds. The molecule has 0 saturated heterocycles. The first kappa shape index (κ1) is 17.3. The highest BCUT2D eigenvalue weighted by Crippen LogP contribution is 2.25. The van der Waals surface area contributed by atoms with Crippen LogP contribution in [0.15, 0.2) is 41.8 Å². The fourth-order valence-electron chi connectivity index (χ4n) is 2.21. The Morgan fingerprint density at radius 2 is 2.08 bits per heavy atom. The first-order chi connectivity index (χ1) is 12.2. The van der Waals surface area contributed by atoms with Gasteiger partial charge >= 0.3 is 5.97 Å². The number of thioether (sulfide) groups is 1. The molecule has 0 atom stereocenters. The summed E-state index contributed by atoms with van der Waals surface area (Å²) >= 11 is 1.29. The second-order valence-corrected chi connectivity index (χ2v) is 6.28. The fourth-order valence-corrected chi connectivity index (χ4v) is 2.97. The van der Waals surface area contributed by atoms with Gasteiger partial charge in [-0.15, -0.1) is 0 Å². The van der Waals surface area contributed by atoms with Crippen molar-refractivity contribution >= 4 is 28.8 Å². The van der Waals surface area contributed by atoms with Gasteiger partial charge in [-0.05, 0) is 30.7 Å². The molecule has 0 aliphatic rings. The Morgan fingerprint density at radius 3 is 2.84 bits per heavy atom. The minimum atomic E-state index is -0.312. The number of benzene rings is 1. The Balaban J connectivity index is 1.77. The van der Waals surface area contributed by atoms with Crippen molar-refractivity contribution in [3.05, 3.63) is 42.6 Å². The first-order valence-electron chi connectivity index (χ1n) is 7.92. The number of rotatable bonds is 7. The van der Waals surface area contributed by atoms with Crippen LogP contribution in [0.4, 0.5) is 4.39 Å². The standard InChI is InChI=1S/C17H17FN4O2S/c1-2-3-8-24-15(23)10-25-17-14-9-21-22(16(14)19-11-20-17)13-6-4-12(18)5-7-13/h4-7,9,11H,2-3,8,10H2,1H3. The molecule has 0 unspecified atom stereocenters. The number of halogens is 1. The summed E-state index contributed by atoms with van der Waals surface area (Å²) in [5.41, 5.74) is 1.30. The van der Waals surface area contributed by atoms with Crippen molar-refractivity contribution < 1.29 is 13.9 Å². The summed E-state index contributed by atoms with van der Waals surface area (Å²) in [4.78, 5) is 20.2. The number of aromatic nitrogens is 4. The van der Waals surface area contributed by atoms with Crippen LogP contribution in [-0.2, 0) is 9.53 Å². The van der Waals surface area contributed by atoms with E-state index >= 15 is 0 Å². The smallest absolute Gasteiger partial charge is 0.316 e. The van der Waals surface area contributed by atoms with Crippen LogP contribution in [0.5, 0.6) is 0 Å². The van der Waals surface area contributed by atoms with Gasteiger partial charge in [-0.3, -0.25) is 4.79 Å². The number of fused-ring (bicyclic) bond motifs is 1. The summed E-state index contributed by atoms with van der Waals surface area (Å²) in [6.07, 6.45) is 4.91. The SMILES string of the molecule is CCCCOC(=O)CSc1ncnc2c1cnn2-c1ccc(F)cc1. The Morgan fingerprint density at radius 1 is 1.28 bits per heavy atom. The predicted molar refractivity (Wildman–Crippen MR) is 93.2 cm³/mol. The third-order valence-corrected chi connectivity index (χ3v) is 4.47. The minimum absolute atomic E-state index is 0.178. The number of hydrogen-bond donors (Lipinski definition) is 0. The van der Waals surface area contributed by atoms with Gasteiger partial charge in [0.1, 0.15) is 17.2 Å². The summed E-state index contributed by atoms with van der Waals surface area (Å²) in [7, 11) is 0. The van der Waals surface area contributed by atoms with E-state index in [1.165, 1.54) is 30.2 Å². The van der Waals surface area contributed by atoms with Crippen LogP contribution in [-0.4, -0.2) is 38.1 Å². The highest BCUT2D eigenvalue weighted by molar-refractivity contribution is 8.00. The van der Waals surface area contributed by atoms with Crippen LogP contribution in [0.3, 0.4) is 0 Å². The van der Waals surface area contributed by atoms with Crippen molar-refractivity contribution in [3.8, 4) is 5.69 Å². The van der Waals surface area contributed by atoms with E-state index in [9.17, 15) is 9.18 Å². The molecule has 2 heterocycles. The molecule has 2 aromatic heterocycles. The normalized spacial score (nSPS) is 11.0. The van der Waals surface area contributed by atoms with Gasteiger partial charge in [-0.1, -0.05) is 25.1 Å². The molecule has 3 aromatic rings. The lowest BCUT2D eigenvalue weighted by molar-refractivity contribution is -0.140. The van der Waals surface area contributed by atoms with Gasteiger partial charge in [-0.2, -0.15) is 5.10 Å². The van der Waals surface area contributed by atoms with Gasteiger partial charge in [0.2, 0.25) is 0 Å². The Kier molecular flexibility index (Phi) is 5.60. The topological polar surface area (TPSA) is 69.9 Å². The van der Waals surface area contributed by atoms with Crippen LogP contribution in [0.1, 0.15) is 19.8 Å². The zero-order chi connectivity index (χ0) is 17.6. The maximum atomic E-state index is 13.1. The summed E-state index contributed by atoms with van der Waals surface area (Å²) in [5, 5.41) is 5.70. The van der Waals surface area contributed by atoms with E-state index < -0.39 is 0 Å². The van der Waals surface area contributed by atoms with Gasteiger partial charge in [0.15, 0.2) is 5.65 Å². The van der Waals surface area contributed by atoms with Gasteiger partial charge in [-0.25, -0.2) is 19.0 Å². The highest BCUT2D eigenvalue weighted by atomic mass is 32.2. The Bertz CT molecular complexity index is 867.